The molecule has 0 bridgehead atoms. The summed E-state index contributed by atoms with van der Waals surface area (Å²) in [5.41, 5.74) is 4.49. The minimum absolute atomic E-state index is 0.102. The van der Waals surface area contributed by atoms with E-state index in [0.29, 0.717) is 43.1 Å². The Hall–Kier alpha value is -3.22. The maximum atomic E-state index is 14.1. The van der Waals surface area contributed by atoms with Gasteiger partial charge in [-0.05, 0) is 61.7 Å². The number of rotatable bonds is 4. The molecule has 1 amide bonds. The van der Waals surface area contributed by atoms with Gasteiger partial charge in [-0.3, -0.25) is 4.79 Å². The first kappa shape index (κ1) is 22.0. The summed E-state index contributed by atoms with van der Waals surface area (Å²) in [6, 6.07) is 10.4. The van der Waals surface area contributed by atoms with Gasteiger partial charge in [0.1, 0.15) is 11.5 Å². The smallest absolute Gasteiger partial charge is 0.270 e. The highest BCUT2D eigenvalue weighted by atomic mass is 19.2. The summed E-state index contributed by atoms with van der Waals surface area (Å²) >= 11 is 0. The zero-order valence-corrected chi connectivity index (χ0v) is 18.5. The summed E-state index contributed by atoms with van der Waals surface area (Å²) < 4.78 is 43.1. The average molecular weight is 441 g/mol. The lowest BCUT2D eigenvalue weighted by molar-refractivity contribution is 0.0735. The lowest BCUT2D eigenvalue weighted by atomic mass is 10.1. The first-order chi connectivity index (χ1) is 15.3. The summed E-state index contributed by atoms with van der Waals surface area (Å²) in [7, 11) is 0. The Balaban J connectivity index is 1.57. The van der Waals surface area contributed by atoms with Crippen molar-refractivity contribution in [2.75, 3.05) is 31.1 Å². The van der Waals surface area contributed by atoms with Crippen molar-refractivity contribution in [2.24, 2.45) is 0 Å². The van der Waals surface area contributed by atoms with E-state index in [0.717, 1.165) is 22.9 Å². The fourth-order valence-corrected chi connectivity index (χ4v) is 4.32. The second kappa shape index (κ2) is 8.73. The van der Waals surface area contributed by atoms with Crippen molar-refractivity contribution in [1.82, 2.24) is 9.47 Å². The Morgan fingerprint density at radius 2 is 1.53 bits per heavy atom. The number of hydrogen-bond donors (Lipinski definition) is 0. The number of benzene rings is 2. The van der Waals surface area contributed by atoms with Crippen molar-refractivity contribution in [3.05, 3.63) is 88.0 Å². The number of amides is 1. The quantitative estimate of drug-likeness (QED) is 0.580. The van der Waals surface area contributed by atoms with Gasteiger partial charge in [-0.1, -0.05) is 18.2 Å². The van der Waals surface area contributed by atoms with E-state index in [2.05, 4.69) is 0 Å². The minimum Gasteiger partial charge on any atom is -0.366 e. The number of aromatic nitrogens is 1. The molecular formula is C25H26F3N3O. The van der Waals surface area contributed by atoms with Gasteiger partial charge in [0.05, 0.1) is 5.69 Å². The summed E-state index contributed by atoms with van der Waals surface area (Å²) in [5, 5.41) is 0. The Kier molecular flexibility index (Phi) is 6.00. The number of para-hydroxylation sites is 1. The van der Waals surface area contributed by atoms with E-state index in [1.54, 1.807) is 23.1 Å². The first-order valence-electron chi connectivity index (χ1n) is 10.7. The third-order valence-electron chi connectivity index (χ3n) is 6.42. The molecular weight excluding hydrogens is 415 g/mol. The van der Waals surface area contributed by atoms with Crippen LogP contribution in [0.25, 0.3) is 0 Å². The second-order valence-electron chi connectivity index (χ2n) is 8.25. The molecule has 0 atom stereocenters. The maximum absolute atomic E-state index is 14.1. The molecule has 1 aromatic heterocycles. The van der Waals surface area contributed by atoms with Crippen molar-refractivity contribution in [1.29, 1.82) is 0 Å². The van der Waals surface area contributed by atoms with Crippen LogP contribution in [0.2, 0.25) is 0 Å². The number of carbonyl (C=O) groups is 1. The third kappa shape index (κ3) is 3.99. The van der Waals surface area contributed by atoms with Crippen LogP contribution in [0.15, 0.2) is 42.5 Å². The second-order valence-corrected chi connectivity index (χ2v) is 8.25. The number of halogens is 3. The Morgan fingerprint density at radius 3 is 2.19 bits per heavy atom. The Labute approximate surface area is 185 Å². The van der Waals surface area contributed by atoms with Crippen LogP contribution in [0.1, 0.15) is 32.9 Å². The van der Waals surface area contributed by atoms with Crippen molar-refractivity contribution in [3.63, 3.8) is 0 Å². The molecule has 1 fully saturated rings. The highest BCUT2D eigenvalue weighted by Gasteiger charge is 2.28. The van der Waals surface area contributed by atoms with E-state index in [-0.39, 0.29) is 18.3 Å². The summed E-state index contributed by atoms with van der Waals surface area (Å²) in [4.78, 5) is 17.2. The molecule has 32 heavy (non-hydrogen) atoms. The first-order valence-corrected chi connectivity index (χ1v) is 10.7. The Morgan fingerprint density at radius 1 is 0.844 bits per heavy atom. The van der Waals surface area contributed by atoms with Gasteiger partial charge in [0.15, 0.2) is 11.6 Å². The molecule has 0 saturated carbocycles. The Bertz CT molecular complexity index is 1160. The highest BCUT2D eigenvalue weighted by molar-refractivity contribution is 5.95. The molecule has 2 aromatic carbocycles. The van der Waals surface area contributed by atoms with Crippen LogP contribution in [0.3, 0.4) is 0 Å². The van der Waals surface area contributed by atoms with Gasteiger partial charge in [-0.25, -0.2) is 13.2 Å². The largest absolute Gasteiger partial charge is 0.366 e. The fourth-order valence-electron chi connectivity index (χ4n) is 4.32. The molecule has 0 radical (unpaired) electrons. The normalized spacial score (nSPS) is 14.2. The molecule has 1 saturated heterocycles. The van der Waals surface area contributed by atoms with Gasteiger partial charge < -0.3 is 14.4 Å². The van der Waals surface area contributed by atoms with Crippen molar-refractivity contribution < 1.29 is 18.0 Å². The van der Waals surface area contributed by atoms with Gasteiger partial charge in [0, 0.05) is 38.4 Å². The standard InChI is InChI=1S/C25H26F3N3O/c1-16-17(2)24(31(18(16)3)15-19-8-9-20(26)22(28)14-19)25(32)30-12-10-29(11-13-30)23-7-5-4-6-21(23)27/h4-9,14H,10-13,15H2,1-3H3. The summed E-state index contributed by atoms with van der Waals surface area (Å²) in [6.07, 6.45) is 0. The van der Waals surface area contributed by atoms with Crippen molar-refractivity contribution in [2.45, 2.75) is 27.3 Å². The van der Waals surface area contributed by atoms with Crippen LogP contribution in [0, 0.1) is 38.2 Å². The molecule has 0 N–H and O–H groups in total. The molecule has 2 heterocycles. The van der Waals surface area contributed by atoms with Gasteiger partial charge in [-0.15, -0.1) is 0 Å². The minimum atomic E-state index is -0.905. The number of nitrogens with zero attached hydrogens (tertiary/aromatic N) is 3. The zero-order valence-electron chi connectivity index (χ0n) is 18.5. The molecule has 7 heteroatoms. The molecule has 4 nitrogen and oxygen atoms in total. The fraction of sp³-hybridized carbons (Fsp3) is 0.320. The van der Waals surface area contributed by atoms with E-state index in [9.17, 15) is 18.0 Å². The van der Waals surface area contributed by atoms with Crippen LogP contribution in [0.4, 0.5) is 18.9 Å². The van der Waals surface area contributed by atoms with Crippen LogP contribution in [-0.2, 0) is 6.54 Å². The van der Waals surface area contributed by atoms with Crippen LogP contribution >= 0.6 is 0 Å². The van der Waals surface area contributed by atoms with Crippen molar-refractivity contribution in [3.8, 4) is 0 Å². The maximum Gasteiger partial charge on any atom is 0.270 e. The van der Waals surface area contributed by atoms with E-state index in [4.69, 9.17) is 0 Å². The van der Waals surface area contributed by atoms with E-state index >= 15 is 0 Å². The van der Waals surface area contributed by atoms with E-state index in [1.807, 2.05) is 30.2 Å². The molecule has 1 aliphatic rings. The molecule has 0 spiro atoms. The van der Waals surface area contributed by atoms with Crippen LogP contribution in [0.5, 0.6) is 0 Å². The van der Waals surface area contributed by atoms with Gasteiger partial charge in [-0.2, -0.15) is 0 Å². The third-order valence-corrected chi connectivity index (χ3v) is 6.42. The van der Waals surface area contributed by atoms with E-state index < -0.39 is 11.6 Å². The zero-order chi connectivity index (χ0) is 23.0. The molecule has 168 valence electrons. The topological polar surface area (TPSA) is 28.5 Å². The van der Waals surface area contributed by atoms with Gasteiger partial charge in [0.2, 0.25) is 0 Å². The number of carbonyl (C=O) groups excluding carboxylic acids is 1. The number of hydrogen-bond acceptors (Lipinski definition) is 2. The average Bonchev–Trinajstić information content (AvgIpc) is 3.00. The van der Waals surface area contributed by atoms with Crippen LogP contribution in [-0.4, -0.2) is 41.6 Å². The van der Waals surface area contributed by atoms with Gasteiger partial charge >= 0.3 is 0 Å². The van der Waals surface area contributed by atoms with Gasteiger partial charge in [0.25, 0.3) is 5.91 Å². The van der Waals surface area contributed by atoms with Crippen molar-refractivity contribution >= 4 is 11.6 Å². The highest BCUT2D eigenvalue weighted by Crippen LogP contribution is 2.26. The van der Waals surface area contributed by atoms with Crippen LogP contribution < -0.4 is 4.90 Å². The summed E-state index contributed by atoms with van der Waals surface area (Å²) in [5.74, 6) is -2.17. The number of anilines is 1. The molecule has 0 aliphatic carbocycles. The predicted molar refractivity (Wildman–Crippen MR) is 119 cm³/mol. The molecule has 1 aliphatic heterocycles. The van der Waals surface area contributed by atoms with E-state index in [1.165, 1.54) is 18.2 Å². The number of piperazine rings is 1. The monoisotopic (exact) mass is 441 g/mol. The predicted octanol–water partition coefficient (Wildman–Crippen LogP) is 4.84. The lowest BCUT2D eigenvalue weighted by Crippen LogP contribution is -2.49. The molecule has 3 aromatic rings. The molecule has 0 unspecified atom stereocenters. The SMILES string of the molecule is Cc1c(C)c(C(=O)N2CCN(c3ccccc3F)CC2)n(Cc2ccc(F)c(F)c2)c1C. The molecule has 4 rings (SSSR count). The summed E-state index contributed by atoms with van der Waals surface area (Å²) in [6.45, 7) is 8.08. The lowest BCUT2D eigenvalue weighted by Gasteiger charge is -2.36.